The van der Waals surface area contributed by atoms with Gasteiger partial charge in [0.2, 0.25) is 5.91 Å². The predicted molar refractivity (Wildman–Crippen MR) is 122 cm³/mol. The summed E-state index contributed by atoms with van der Waals surface area (Å²) in [6.45, 7) is 13.4. The van der Waals surface area contributed by atoms with E-state index in [1.165, 1.54) is 21.7 Å². The molecule has 1 amide bonds. The van der Waals surface area contributed by atoms with Crippen molar-refractivity contribution in [1.82, 2.24) is 9.80 Å². The fourth-order valence-electron chi connectivity index (χ4n) is 4.33. The van der Waals surface area contributed by atoms with Crippen molar-refractivity contribution in [2.75, 3.05) is 49.5 Å². The SMILES string of the molecule is CCN1CCN(c2ccc(NC(C)C(=O)N3CCc4sccc4C3)c(C)c2)CC1. The average Bonchev–Trinajstić information content (AvgIpc) is 3.22. The van der Waals surface area contributed by atoms with Gasteiger partial charge in [-0.15, -0.1) is 11.3 Å². The van der Waals surface area contributed by atoms with Crippen molar-refractivity contribution < 1.29 is 4.79 Å². The number of fused-ring (bicyclic) bond motifs is 1. The highest BCUT2D eigenvalue weighted by Gasteiger charge is 2.25. The zero-order valence-electron chi connectivity index (χ0n) is 17.8. The zero-order valence-corrected chi connectivity index (χ0v) is 18.6. The number of benzene rings is 1. The van der Waals surface area contributed by atoms with E-state index in [9.17, 15) is 4.79 Å². The van der Waals surface area contributed by atoms with Gasteiger partial charge < -0.3 is 20.0 Å². The molecule has 5 nitrogen and oxygen atoms in total. The number of nitrogens with zero attached hydrogens (tertiary/aromatic N) is 3. The zero-order chi connectivity index (χ0) is 20.4. The van der Waals surface area contributed by atoms with Crippen LogP contribution >= 0.6 is 11.3 Å². The fraction of sp³-hybridized carbons (Fsp3) is 0.522. The molecular weight excluding hydrogens is 380 g/mol. The Morgan fingerprint density at radius 3 is 2.69 bits per heavy atom. The molecule has 3 heterocycles. The maximum absolute atomic E-state index is 13.0. The Morgan fingerprint density at radius 2 is 1.97 bits per heavy atom. The number of rotatable bonds is 5. The third kappa shape index (κ3) is 4.43. The molecule has 2 aliphatic heterocycles. The van der Waals surface area contributed by atoms with E-state index in [1.54, 1.807) is 11.3 Å². The molecule has 0 bridgehead atoms. The van der Waals surface area contributed by atoms with Crippen molar-refractivity contribution >= 4 is 28.6 Å². The van der Waals surface area contributed by atoms with Gasteiger partial charge in [0, 0.05) is 55.5 Å². The molecular formula is C23H32N4OS. The molecule has 0 saturated carbocycles. The first-order chi connectivity index (χ1) is 14.0. The van der Waals surface area contributed by atoms with E-state index in [2.05, 4.69) is 58.6 Å². The van der Waals surface area contributed by atoms with Gasteiger partial charge in [-0.3, -0.25) is 4.79 Å². The molecule has 29 heavy (non-hydrogen) atoms. The minimum atomic E-state index is -0.229. The molecule has 6 heteroatoms. The van der Waals surface area contributed by atoms with E-state index >= 15 is 0 Å². The maximum Gasteiger partial charge on any atom is 0.245 e. The second-order valence-corrected chi connectivity index (χ2v) is 9.17. The summed E-state index contributed by atoms with van der Waals surface area (Å²) < 4.78 is 0. The summed E-state index contributed by atoms with van der Waals surface area (Å²) in [5, 5.41) is 5.59. The van der Waals surface area contributed by atoms with Gasteiger partial charge in [-0.1, -0.05) is 6.92 Å². The van der Waals surface area contributed by atoms with Crippen LogP contribution in [0.2, 0.25) is 0 Å². The Morgan fingerprint density at radius 1 is 1.17 bits per heavy atom. The van der Waals surface area contributed by atoms with E-state index < -0.39 is 0 Å². The van der Waals surface area contributed by atoms with Crippen molar-refractivity contribution in [2.45, 2.75) is 39.8 Å². The quantitative estimate of drug-likeness (QED) is 0.815. The lowest BCUT2D eigenvalue weighted by Gasteiger charge is -2.36. The van der Waals surface area contributed by atoms with Crippen molar-refractivity contribution in [2.24, 2.45) is 0 Å². The number of piperazine rings is 1. The molecule has 1 aromatic heterocycles. The van der Waals surface area contributed by atoms with Crippen LogP contribution in [0.3, 0.4) is 0 Å². The molecule has 1 fully saturated rings. The van der Waals surface area contributed by atoms with Crippen LogP contribution in [-0.2, 0) is 17.8 Å². The van der Waals surface area contributed by atoms with Gasteiger partial charge in [-0.05, 0) is 67.6 Å². The smallest absolute Gasteiger partial charge is 0.245 e. The highest BCUT2D eigenvalue weighted by Crippen LogP contribution is 2.26. The number of hydrogen-bond donors (Lipinski definition) is 1. The summed E-state index contributed by atoms with van der Waals surface area (Å²) in [5.74, 6) is 0.181. The molecule has 156 valence electrons. The van der Waals surface area contributed by atoms with E-state index in [4.69, 9.17) is 0 Å². The molecule has 2 aromatic rings. The van der Waals surface area contributed by atoms with E-state index in [0.717, 1.165) is 57.9 Å². The minimum absolute atomic E-state index is 0.181. The summed E-state index contributed by atoms with van der Waals surface area (Å²) >= 11 is 1.81. The summed E-state index contributed by atoms with van der Waals surface area (Å²) in [6, 6.07) is 8.49. The molecule has 1 saturated heterocycles. The predicted octanol–water partition coefficient (Wildman–Crippen LogP) is 3.58. The minimum Gasteiger partial charge on any atom is -0.374 e. The molecule has 4 rings (SSSR count). The Balaban J connectivity index is 1.37. The second kappa shape index (κ2) is 8.76. The Labute approximate surface area is 178 Å². The van der Waals surface area contributed by atoms with E-state index in [1.807, 2.05) is 11.8 Å². The number of thiophene rings is 1. The number of aryl methyl sites for hydroxylation is 1. The average molecular weight is 413 g/mol. The molecule has 1 atom stereocenters. The third-order valence-corrected chi connectivity index (χ3v) is 7.28. The Bertz CT molecular complexity index is 856. The van der Waals surface area contributed by atoms with Gasteiger partial charge in [0.05, 0.1) is 0 Å². The largest absolute Gasteiger partial charge is 0.374 e. The van der Waals surface area contributed by atoms with Crippen LogP contribution in [0.4, 0.5) is 11.4 Å². The van der Waals surface area contributed by atoms with Gasteiger partial charge in [-0.2, -0.15) is 0 Å². The Kier molecular flexibility index (Phi) is 6.11. The maximum atomic E-state index is 13.0. The second-order valence-electron chi connectivity index (χ2n) is 8.17. The number of carbonyl (C=O) groups excluding carboxylic acids is 1. The summed E-state index contributed by atoms with van der Waals surface area (Å²) in [4.78, 5) is 21.3. The van der Waals surface area contributed by atoms with Crippen molar-refractivity contribution in [1.29, 1.82) is 0 Å². The molecule has 1 aromatic carbocycles. The lowest BCUT2D eigenvalue weighted by molar-refractivity contribution is -0.132. The third-order valence-electron chi connectivity index (χ3n) is 6.26. The van der Waals surface area contributed by atoms with Crippen molar-refractivity contribution in [3.8, 4) is 0 Å². The molecule has 0 aliphatic carbocycles. The number of hydrogen-bond acceptors (Lipinski definition) is 5. The first-order valence-corrected chi connectivity index (χ1v) is 11.6. The summed E-state index contributed by atoms with van der Waals surface area (Å²) in [5.41, 5.74) is 4.84. The number of amides is 1. The summed E-state index contributed by atoms with van der Waals surface area (Å²) in [6.07, 6.45) is 0.977. The summed E-state index contributed by atoms with van der Waals surface area (Å²) in [7, 11) is 0. The van der Waals surface area contributed by atoms with E-state index in [-0.39, 0.29) is 11.9 Å². The van der Waals surface area contributed by atoms with Gasteiger partial charge in [-0.25, -0.2) is 0 Å². The molecule has 0 radical (unpaired) electrons. The van der Waals surface area contributed by atoms with Gasteiger partial charge >= 0.3 is 0 Å². The number of carbonyl (C=O) groups is 1. The first kappa shape index (κ1) is 20.2. The molecule has 1 N–H and O–H groups in total. The lowest BCUT2D eigenvalue weighted by Crippen LogP contribution is -2.46. The van der Waals surface area contributed by atoms with E-state index in [0.29, 0.717) is 0 Å². The van der Waals surface area contributed by atoms with Crippen LogP contribution in [-0.4, -0.2) is 61.0 Å². The van der Waals surface area contributed by atoms with Crippen LogP contribution in [0.5, 0.6) is 0 Å². The molecule has 0 spiro atoms. The lowest BCUT2D eigenvalue weighted by atomic mass is 10.1. The van der Waals surface area contributed by atoms with Gasteiger partial charge in [0.1, 0.15) is 6.04 Å². The monoisotopic (exact) mass is 412 g/mol. The fourth-order valence-corrected chi connectivity index (χ4v) is 5.22. The van der Waals surface area contributed by atoms with Crippen molar-refractivity contribution in [3.63, 3.8) is 0 Å². The van der Waals surface area contributed by atoms with Gasteiger partial charge in [0.15, 0.2) is 0 Å². The number of anilines is 2. The number of likely N-dealkylation sites (N-methyl/N-ethyl adjacent to an activating group) is 1. The topological polar surface area (TPSA) is 38.8 Å². The standard InChI is InChI=1S/C23H32N4OS/c1-4-25-10-12-26(13-11-25)20-5-6-21(17(2)15-20)24-18(3)23(28)27-9-7-22-19(16-27)8-14-29-22/h5-6,8,14-15,18,24H,4,7,9-13,16H2,1-3H3. The normalized spacial score (nSPS) is 18.4. The Hall–Kier alpha value is -2.05. The van der Waals surface area contributed by atoms with Crippen LogP contribution in [0.1, 0.15) is 29.9 Å². The highest BCUT2D eigenvalue weighted by atomic mass is 32.1. The van der Waals surface area contributed by atoms with Crippen molar-refractivity contribution in [3.05, 3.63) is 45.6 Å². The van der Waals surface area contributed by atoms with Crippen LogP contribution in [0, 0.1) is 6.92 Å². The molecule has 2 aliphatic rings. The van der Waals surface area contributed by atoms with Crippen LogP contribution in [0.15, 0.2) is 29.6 Å². The highest BCUT2D eigenvalue weighted by molar-refractivity contribution is 7.10. The van der Waals surface area contributed by atoms with Crippen LogP contribution in [0.25, 0.3) is 0 Å². The van der Waals surface area contributed by atoms with Crippen LogP contribution < -0.4 is 10.2 Å². The van der Waals surface area contributed by atoms with Gasteiger partial charge in [0.25, 0.3) is 0 Å². The molecule has 1 unspecified atom stereocenters. The first-order valence-electron chi connectivity index (χ1n) is 10.7. The number of nitrogens with one attached hydrogen (secondary N) is 1.